The normalized spacial score (nSPS) is 10.4. The van der Waals surface area contributed by atoms with Gasteiger partial charge >= 0.3 is 0 Å². The average molecular weight is 967 g/mol. The number of nitrogens with one attached hydrogen (secondary N) is 6. The fraction of sp³-hybridized carbons (Fsp3) is 0.170. The Kier molecular flexibility index (Phi) is 18.9. The number of nitrogen functional groups attached to an aromatic ring is 3. The van der Waals surface area contributed by atoms with Gasteiger partial charge in [0, 0.05) is 36.8 Å². The number of hydrogen-bond acceptors (Lipinski definition) is 14. The number of hydrogen-bond donors (Lipinski definition) is 9. The van der Waals surface area contributed by atoms with E-state index in [1.54, 1.807) is 46.6 Å². The van der Waals surface area contributed by atoms with Crippen molar-refractivity contribution in [3.63, 3.8) is 0 Å². The standard InChI is InChI=1S/C19H19N3OS2.C14H18N4S2.C14H17N3S2/c1-24-19-16(11-17(25-19)18(20)21)22-14-7-9-15(10-8-14)23-12-13-5-3-2-4-6-13;1-18(2)10-6-4-9(5-7-10)17-11-8-12(13(15)16)20-14(11)19-3;1-3-9-4-6-10(7-5-9)17-11-8-12(13(15)16)19-14(11)18-2/h2-11,22H,12H2,1H3,(H3,20,21);4-8,17H,1-3H3,(H3,15,16);4-8,17H,3H2,1-2H3,(H3,15,16). The quantitative estimate of drug-likeness (QED) is 0.0239. The van der Waals surface area contributed by atoms with Crippen LogP contribution in [0.15, 0.2) is 134 Å². The Morgan fingerprint density at radius 3 is 1.27 bits per heavy atom. The van der Waals surface area contributed by atoms with Crippen LogP contribution >= 0.6 is 69.3 Å². The third-order valence-electron chi connectivity index (χ3n) is 9.13. The highest BCUT2D eigenvalue weighted by molar-refractivity contribution is 8.01. The second kappa shape index (κ2) is 24.5. The second-order valence-electron chi connectivity index (χ2n) is 14.0. The van der Waals surface area contributed by atoms with Gasteiger partial charge in [-0.05, 0) is 115 Å². The zero-order valence-electron chi connectivity index (χ0n) is 36.5. The zero-order valence-corrected chi connectivity index (χ0v) is 41.4. The van der Waals surface area contributed by atoms with Gasteiger partial charge in [-0.3, -0.25) is 16.2 Å². The molecule has 3 heterocycles. The fourth-order valence-corrected chi connectivity index (χ4v) is 10.7. The lowest BCUT2D eigenvalue weighted by Gasteiger charge is -2.13. The van der Waals surface area contributed by atoms with Crippen molar-refractivity contribution in [1.82, 2.24) is 0 Å². The number of rotatable bonds is 17. The van der Waals surface area contributed by atoms with Crippen LogP contribution in [-0.2, 0) is 13.0 Å². The molecule has 7 aromatic rings. The van der Waals surface area contributed by atoms with Crippen LogP contribution in [0.2, 0.25) is 0 Å². The molecule has 11 nitrogen and oxygen atoms in total. The van der Waals surface area contributed by atoms with Crippen molar-refractivity contribution in [2.24, 2.45) is 17.2 Å². The van der Waals surface area contributed by atoms with Crippen molar-refractivity contribution in [1.29, 1.82) is 16.2 Å². The summed E-state index contributed by atoms with van der Waals surface area (Å²) in [6.45, 7) is 2.70. The molecule has 0 radical (unpaired) electrons. The van der Waals surface area contributed by atoms with Crippen LogP contribution in [0.25, 0.3) is 0 Å². The number of thiophene rings is 3. The Morgan fingerprint density at radius 1 is 0.547 bits per heavy atom. The van der Waals surface area contributed by atoms with Crippen LogP contribution in [-0.4, -0.2) is 50.4 Å². The highest BCUT2D eigenvalue weighted by Gasteiger charge is 2.13. The van der Waals surface area contributed by atoms with Gasteiger partial charge in [-0.1, -0.05) is 49.4 Å². The summed E-state index contributed by atoms with van der Waals surface area (Å²) < 4.78 is 9.18. The molecular weight excluding hydrogens is 913 g/mol. The molecule has 12 N–H and O–H groups in total. The summed E-state index contributed by atoms with van der Waals surface area (Å²) in [7, 11) is 4.04. The molecule has 0 saturated carbocycles. The first-order valence-electron chi connectivity index (χ1n) is 19.8. The van der Waals surface area contributed by atoms with Crippen molar-refractivity contribution in [2.75, 3.05) is 53.7 Å². The van der Waals surface area contributed by atoms with Gasteiger partial charge in [0.2, 0.25) is 0 Å². The summed E-state index contributed by atoms with van der Waals surface area (Å²) in [6.07, 6.45) is 7.11. The molecule has 0 amide bonds. The summed E-state index contributed by atoms with van der Waals surface area (Å²) in [5.74, 6) is 1.16. The molecule has 17 heteroatoms. The number of ether oxygens (including phenoxy) is 1. The molecule has 0 aliphatic carbocycles. The van der Waals surface area contributed by atoms with Crippen LogP contribution in [0, 0.1) is 16.2 Å². The predicted molar refractivity (Wildman–Crippen MR) is 285 cm³/mol. The molecule has 0 unspecified atom stereocenters. The van der Waals surface area contributed by atoms with Gasteiger partial charge in [-0.2, -0.15) is 0 Å². The SMILES string of the molecule is CCc1ccc(Nc2cc(C(=N)N)sc2SC)cc1.CSc1sc(C(=N)N)cc1Nc1ccc(N(C)C)cc1.CSc1sc(C(=N)N)cc1Nc1ccc(OCc2ccccc2)cc1. The number of thioether (sulfide) groups is 3. The van der Waals surface area contributed by atoms with E-state index >= 15 is 0 Å². The number of amidine groups is 3. The Hall–Kier alpha value is -5.56. The van der Waals surface area contributed by atoms with E-state index in [2.05, 4.69) is 64.2 Å². The summed E-state index contributed by atoms with van der Waals surface area (Å²) in [5.41, 5.74) is 26.4. The predicted octanol–water partition coefficient (Wildman–Crippen LogP) is 12.7. The van der Waals surface area contributed by atoms with E-state index in [1.165, 1.54) is 28.2 Å². The van der Waals surface area contributed by atoms with Crippen molar-refractivity contribution in [2.45, 2.75) is 32.6 Å². The minimum atomic E-state index is 0.0954. The van der Waals surface area contributed by atoms with Crippen LogP contribution in [0.4, 0.5) is 39.8 Å². The molecule has 0 aliphatic heterocycles. The monoisotopic (exact) mass is 966 g/mol. The van der Waals surface area contributed by atoms with Crippen LogP contribution in [0.3, 0.4) is 0 Å². The second-order valence-corrected chi connectivity index (χ2v) is 20.3. The van der Waals surface area contributed by atoms with Crippen LogP contribution in [0.1, 0.15) is 32.7 Å². The van der Waals surface area contributed by atoms with Crippen molar-refractivity contribution >= 4 is 127 Å². The Balaban J connectivity index is 0.000000183. The molecule has 0 fully saturated rings. The van der Waals surface area contributed by atoms with E-state index in [-0.39, 0.29) is 17.5 Å². The number of aryl methyl sites for hydroxylation is 1. The Bertz CT molecular complexity index is 2590. The fourth-order valence-electron chi connectivity index (χ4n) is 5.75. The molecule has 0 atom stereocenters. The van der Waals surface area contributed by atoms with Gasteiger partial charge in [0.05, 0.1) is 44.3 Å². The molecule has 64 heavy (non-hydrogen) atoms. The number of benzene rings is 4. The summed E-state index contributed by atoms with van der Waals surface area (Å²) in [5, 5.41) is 32.8. The highest BCUT2D eigenvalue weighted by Crippen LogP contribution is 2.39. The Morgan fingerprint density at radius 2 is 0.922 bits per heavy atom. The van der Waals surface area contributed by atoms with Gasteiger partial charge in [-0.25, -0.2) is 0 Å². The van der Waals surface area contributed by atoms with Gasteiger partial charge in [0.25, 0.3) is 0 Å². The first-order valence-corrected chi connectivity index (χ1v) is 25.9. The molecule has 3 aromatic heterocycles. The van der Waals surface area contributed by atoms with E-state index in [0.29, 0.717) is 6.61 Å². The van der Waals surface area contributed by atoms with Crippen molar-refractivity contribution < 1.29 is 4.74 Å². The lowest BCUT2D eigenvalue weighted by molar-refractivity contribution is 0.306. The smallest absolute Gasteiger partial charge is 0.133 e. The molecular formula is C47H54N10OS6. The molecule has 0 saturated heterocycles. The van der Waals surface area contributed by atoms with Gasteiger partial charge < -0.3 is 42.8 Å². The minimum Gasteiger partial charge on any atom is -0.489 e. The van der Waals surface area contributed by atoms with E-state index in [9.17, 15) is 0 Å². The van der Waals surface area contributed by atoms with Gasteiger partial charge in [0.1, 0.15) is 29.9 Å². The first kappa shape index (κ1) is 49.5. The van der Waals surface area contributed by atoms with E-state index in [4.69, 9.17) is 38.2 Å². The number of anilines is 7. The molecule has 7 rings (SSSR count). The first-order chi connectivity index (χ1) is 30.8. The molecule has 4 aromatic carbocycles. The molecule has 0 aliphatic rings. The van der Waals surface area contributed by atoms with Gasteiger partial charge in [0.15, 0.2) is 0 Å². The van der Waals surface area contributed by atoms with Crippen molar-refractivity contribution in [3.8, 4) is 5.75 Å². The molecule has 0 bridgehead atoms. The third-order valence-corrected chi connectivity index (χ3v) is 16.0. The van der Waals surface area contributed by atoms with E-state index in [0.717, 1.165) is 84.8 Å². The maximum absolute atomic E-state index is 7.58. The Labute approximate surface area is 401 Å². The summed E-state index contributed by atoms with van der Waals surface area (Å²) >= 11 is 9.57. The van der Waals surface area contributed by atoms with Crippen LogP contribution in [0.5, 0.6) is 5.75 Å². The van der Waals surface area contributed by atoms with Gasteiger partial charge in [-0.15, -0.1) is 69.3 Å². The van der Waals surface area contributed by atoms with Crippen molar-refractivity contribution in [3.05, 3.63) is 147 Å². The van der Waals surface area contributed by atoms with E-state index in [1.807, 2.05) is 118 Å². The van der Waals surface area contributed by atoms with E-state index < -0.39 is 0 Å². The summed E-state index contributed by atoms with van der Waals surface area (Å²) in [4.78, 5) is 4.43. The zero-order chi connectivity index (χ0) is 46.2. The average Bonchev–Trinajstić information content (AvgIpc) is 4.04. The maximum atomic E-state index is 7.58. The minimum absolute atomic E-state index is 0.0954. The topological polar surface area (TPSA) is 198 Å². The summed E-state index contributed by atoms with van der Waals surface area (Å²) in [6, 6.07) is 40.4. The lowest BCUT2D eigenvalue weighted by atomic mass is 10.1. The number of nitrogens with two attached hydrogens (primary N) is 3. The third kappa shape index (κ3) is 14.5. The largest absolute Gasteiger partial charge is 0.489 e. The number of nitrogens with zero attached hydrogens (tertiary/aromatic N) is 1. The molecule has 0 spiro atoms. The van der Waals surface area contributed by atoms with Crippen LogP contribution < -0.4 is 42.8 Å². The highest BCUT2D eigenvalue weighted by atomic mass is 32.2. The molecule has 334 valence electrons. The maximum Gasteiger partial charge on any atom is 0.133 e. The lowest BCUT2D eigenvalue weighted by Crippen LogP contribution is -2.08.